The number of nitrogens with zero attached hydrogens (tertiary/aromatic N) is 3. The zero-order chi connectivity index (χ0) is 14.2. The van der Waals surface area contributed by atoms with E-state index < -0.39 is 11.5 Å². The number of anilines is 1. The first-order valence-electron chi connectivity index (χ1n) is 5.95. The average Bonchev–Trinajstić information content (AvgIpc) is 2.84. The van der Waals surface area contributed by atoms with E-state index in [0.717, 1.165) is 0 Å². The zero-order valence-electron chi connectivity index (χ0n) is 11.5. The predicted octanol–water partition coefficient (Wildman–Crippen LogP) is 0.987. The molecule has 2 rings (SSSR count). The SMILES string of the molecule is COC(=O)c1cnc(N2CCN(C)C(=O)C2(C)C)s1. The van der Waals surface area contributed by atoms with Gasteiger partial charge in [0.05, 0.1) is 13.3 Å². The molecule has 2 heterocycles. The molecule has 1 saturated heterocycles. The first kappa shape index (κ1) is 13.8. The van der Waals surface area contributed by atoms with Crippen LogP contribution in [0.4, 0.5) is 5.13 Å². The molecule has 0 saturated carbocycles. The third-order valence-corrected chi connectivity index (χ3v) is 4.32. The standard InChI is InChI=1S/C12H17N3O3S/c1-12(2)10(17)14(3)5-6-15(12)11-13-7-8(19-11)9(16)18-4/h7H,5-6H2,1-4H3. The van der Waals surface area contributed by atoms with Gasteiger partial charge in [-0.2, -0.15) is 0 Å². The van der Waals surface area contributed by atoms with Crippen molar-refractivity contribution in [3.05, 3.63) is 11.1 Å². The van der Waals surface area contributed by atoms with Crippen molar-refractivity contribution in [3.8, 4) is 0 Å². The lowest BCUT2D eigenvalue weighted by Crippen LogP contribution is -2.62. The van der Waals surface area contributed by atoms with Gasteiger partial charge in [0.1, 0.15) is 10.4 Å². The second kappa shape index (κ2) is 4.80. The number of aromatic nitrogens is 1. The quantitative estimate of drug-likeness (QED) is 0.757. The van der Waals surface area contributed by atoms with Gasteiger partial charge in [0.15, 0.2) is 5.13 Å². The molecule has 0 radical (unpaired) electrons. The number of ether oxygens (including phenoxy) is 1. The summed E-state index contributed by atoms with van der Waals surface area (Å²) < 4.78 is 4.66. The average molecular weight is 283 g/mol. The first-order chi connectivity index (χ1) is 8.87. The Morgan fingerprint density at radius 1 is 1.47 bits per heavy atom. The number of carbonyl (C=O) groups is 2. The summed E-state index contributed by atoms with van der Waals surface area (Å²) in [6.45, 7) is 5.08. The Balaban J connectivity index is 2.29. The number of amides is 1. The fraction of sp³-hybridized carbons (Fsp3) is 0.583. The van der Waals surface area contributed by atoms with Crippen LogP contribution in [0.1, 0.15) is 23.5 Å². The van der Waals surface area contributed by atoms with Gasteiger partial charge in [-0.3, -0.25) is 4.79 Å². The molecule has 1 aliphatic heterocycles. The Morgan fingerprint density at radius 2 is 2.16 bits per heavy atom. The number of rotatable bonds is 2. The third kappa shape index (κ3) is 2.30. The van der Waals surface area contributed by atoms with Gasteiger partial charge in [-0.15, -0.1) is 0 Å². The molecule has 6 nitrogen and oxygen atoms in total. The second-order valence-electron chi connectivity index (χ2n) is 4.94. The van der Waals surface area contributed by atoms with Crippen molar-refractivity contribution in [2.24, 2.45) is 0 Å². The number of esters is 1. The summed E-state index contributed by atoms with van der Waals surface area (Å²) in [5, 5.41) is 0.673. The van der Waals surface area contributed by atoms with Crippen LogP contribution >= 0.6 is 11.3 Å². The maximum atomic E-state index is 12.2. The minimum atomic E-state index is -0.655. The van der Waals surface area contributed by atoms with Gasteiger partial charge in [-0.25, -0.2) is 9.78 Å². The van der Waals surface area contributed by atoms with Gasteiger partial charge < -0.3 is 14.5 Å². The van der Waals surface area contributed by atoms with Gasteiger partial charge in [-0.1, -0.05) is 11.3 Å². The Morgan fingerprint density at radius 3 is 2.79 bits per heavy atom. The zero-order valence-corrected chi connectivity index (χ0v) is 12.3. The number of thiazole rings is 1. The highest BCUT2D eigenvalue weighted by molar-refractivity contribution is 7.17. The predicted molar refractivity (Wildman–Crippen MR) is 72.5 cm³/mol. The minimum Gasteiger partial charge on any atom is -0.465 e. The Kier molecular flexibility index (Phi) is 3.49. The van der Waals surface area contributed by atoms with E-state index in [2.05, 4.69) is 9.72 Å². The van der Waals surface area contributed by atoms with Crippen molar-refractivity contribution < 1.29 is 14.3 Å². The molecular weight excluding hydrogens is 266 g/mol. The number of methoxy groups -OCH3 is 1. The van der Waals surface area contributed by atoms with Gasteiger partial charge in [0.25, 0.3) is 0 Å². The molecule has 7 heteroatoms. The second-order valence-corrected chi connectivity index (χ2v) is 5.95. The van der Waals surface area contributed by atoms with Crippen LogP contribution in [0.5, 0.6) is 0 Å². The van der Waals surface area contributed by atoms with Crippen molar-refractivity contribution in [1.82, 2.24) is 9.88 Å². The summed E-state index contributed by atoms with van der Waals surface area (Å²) in [5.74, 6) is -0.351. The van der Waals surface area contributed by atoms with Crippen LogP contribution < -0.4 is 4.90 Å². The number of carbonyl (C=O) groups excluding carboxylic acids is 2. The monoisotopic (exact) mass is 283 g/mol. The fourth-order valence-corrected chi connectivity index (χ4v) is 3.14. The number of hydrogen-bond donors (Lipinski definition) is 0. The summed E-state index contributed by atoms with van der Waals surface area (Å²) in [6.07, 6.45) is 1.49. The summed E-state index contributed by atoms with van der Waals surface area (Å²) in [4.78, 5) is 32.0. The molecule has 1 amide bonds. The van der Waals surface area contributed by atoms with Crippen LogP contribution in [0.3, 0.4) is 0 Å². The Hall–Kier alpha value is -1.63. The van der Waals surface area contributed by atoms with E-state index in [0.29, 0.717) is 23.1 Å². The van der Waals surface area contributed by atoms with Gasteiger partial charge >= 0.3 is 5.97 Å². The lowest BCUT2D eigenvalue weighted by atomic mass is 9.99. The molecule has 0 N–H and O–H groups in total. The van der Waals surface area contributed by atoms with Gasteiger partial charge in [-0.05, 0) is 13.8 Å². The van der Waals surface area contributed by atoms with Crippen molar-refractivity contribution >= 4 is 28.3 Å². The lowest BCUT2D eigenvalue weighted by molar-refractivity contribution is -0.136. The minimum absolute atomic E-state index is 0.0496. The van der Waals surface area contributed by atoms with E-state index in [1.165, 1.54) is 24.6 Å². The van der Waals surface area contributed by atoms with Crippen molar-refractivity contribution in [3.63, 3.8) is 0 Å². The molecule has 1 fully saturated rings. The van der Waals surface area contributed by atoms with Crippen LogP contribution in [0, 0.1) is 0 Å². The van der Waals surface area contributed by atoms with Gasteiger partial charge in [0, 0.05) is 20.1 Å². The van der Waals surface area contributed by atoms with Crippen molar-refractivity contribution in [1.29, 1.82) is 0 Å². The van der Waals surface area contributed by atoms with Crippen LogP contribution in [0.15, 0.2) is 6.20 Å². The molecule has 0 unspecified atom stereocenters. The summed E-state index contributed by atoms with van der Waals surface area (Å²) in [6, 6.07) is 0. The normalized spacial score (nSPS) is 18.6. The van der Waals surface area contributed by atoms with E-state index in [9.17, 15) is 9.59 Å². The van der Waals surface area contributed by atoms with Crippen molar-refractivity contribution in [2.75, 3.05) is 32.1 Å². The smallest absolute Gasteiger partial charge is 0.349 e. The highest BCUT2D eigenvalue weighted by Crippen LogP contribution is 2.31. The van der Waals surface area contributed by atoms with Crippen molar-refractivity contribution in [2.45, 2.75) is 19.4 Å². The molecule has 104 valence electrons. The van der Waals surface area contributed by atoms with Crippen LogP contribution in [-0.4, -0.2) is 54.5 Å². The van der Waals surface area contributed by atoms with Crippen LogP contribution in [0.2, 0.25) is 0 Å². The lowest BCUT2D eigenvalue weighted by Gasteiger charge is -2.44. The summed E-state index contributed by atoms with van der Waals surface area (Å²) in [7, 11) is 3.13. The number of piperazine rings is 1. The number of hydrogen-bond acceptors (Lipinski definition) is 6. The summed E-state index contributed by atoms with van der Waals surface area (Å²) >= 11 is 1.25. The summed E-state index contributed by atoms with van der Waals surface area (Å²) in [5.41, 5.74) is -0.655. The topological polar surface area (TPSA) is 62.7 Å². The highest BCUT2D eigenvalue weighted by Gasteiger charge is 2.41. The maximum Gasteiger partial charge on any atom is 0.349 e. The third-order valence-electron chi connectivity index (χ3n) is 3.31. The van der Waals surface area contributed by atoms with E-state index >= 15 is 0 Å². The molecule has 0 aliphatic carbocycles. The molecule has 1 aromatic rings. The molecule has 0 spiro atoms. The largest absolute Gasteiger partial charge is 0.465 e. The number of likely N-dealkylation sites (N-methyl/N-ethyl adjacent to an activating group) is 1. The Bertz CT molecular complexity index is 512. The fourth-order valence-electron chi connectivity index (χ4n) is 2.13. The van der Waals surface area contributed by atoms with E-state index in [1.807, 2.05) is 18.7 Å². The van der Waals surface area contributed by atoms with E-state index in [4.69, 9.17) is 0 Å². The maximum absolute atomic E-state index is 12.2. The Labute approximate surface area is 116 Å². The first-order valence-corrected chi connectivity index (χ1v) is 6.77. The molecule has 0 aromatic carbocycles. The highest BCUT2D eigenvalue weighted by atomic mass is 32.1. The molecule has 0 bridgehead atoms. The molecule has 1 aliphatic rings. The van der Waals surface area contributed by atoms with Crippen LogP contribution in [-0.2, 0) is 9.53 Å². The van der Waals surface area contributed by atoms with E-state index in [1.54, 1.807) is 11.9 Å². The molecule has 19 heavy (non-hydrogen) atoms. The van der Waals surface area contributed by atoms with Crippen LogP contribution in [0.25, 0.3) is 0 Å². The molecular formula is C12H17N3O3S. The van der Waals surface area contributed by atoms with E-state index in [-0.39, 0.29) is 5.91 Å². The molecule has 1 aromatic heterocycles. The van der Waals surface area contributed by atoms with Gasteiger partial charge in [0.2, 0.25) is 5.91 Å². The molecule has 0 atom stereocenters.